The van der Waals surface area contributed by atoms with Crippen molar-refractivity contribution in [1.82, 2.24) is 9.78 Å². The van der Waals surface area contributed by atoms with Gasteiger partial charge in [-0.05, 0) is 31.7 Å². The molecule has 0 radical (unpaired) electrons. The molecule has 0 N–H and O–H groups in total. The fraction of sp³-hybridized carbons (Fsp3) is 0.692. The van der Waals surface area contributed by atoms with Crippen LogP contribution in [0.25, 0.3) is 0 Å². The van der Waals surface area contributed by atoms with E-state index in [0.29, 0.717) is 11.8 Å². The van der Waals surface area contributed by atoms with Crippen molar-refractivity contribution in [3.63, 3.8) is 0 Å². The molecule has 1 heterocycles. The summed E-state index contributed by atoms with van der Waals surface area (Å²) in [7, 11) is 0. The van der Waals surface area contributed by atoms with Gasteiger partial charge in [-0.2, -0.15) is 5.10 Å². The van der Waals surface area contributed by atoms with Crippen LogP contribution >= 0.6 is 0 Å². The molecule has 0 aromatic carbocycles. The number of aryl methyl sites for hydroxylation is 1. The maximum absolute atomic E-state index is 11.2. The zero-order valence-electron chi connectivity index (χ0n) is 10.6. The van der Waals surface area contributed by atoms with E-state index in [1.165, 1.54) is 5.56 Å². The Kier molecular flexibility index (Phi) is 5.23. The monoisotopic (exact) mass is 222 g/mol. The van der Waals surface area contributed by atoms with E-state index in [1.54, 1.807) is 0 Å². The first kappa shape index (κ1) is 12.9. The predicted octanol–water partition coefficient (Wildman–Crippen LogP) is 3.29. The molecule has 1 aromatic rings. The summed E-state index contributed by atoms with van der Waals surface area (Å²) in [5, 5.41) is 4.31. The van der Waals surface area contributed by atoms with Crippen molar-refractivity contribution in [3.8, 4) is 0 Å². The number of aromatic nitrogens is 2. The molecule has 1 fully saturated rings. The van der Waals surface area contributed by atoms with Gasteiger partial charge in [-0.15, -0.1) is 0 Å². The summed E-state index contributed by atoms with van der Waals surface area (Å²) in [5.41, 5.74) is 1.19. The van der Waals surface area contributed by atoms with Gasteiger partial charge in [0, 0.05) is 19.0 Å². The third-order valence-corrected chi connectivity index (χ3v) is 2.85. The molecule has 16 heavy (non-hydrogen) atoms. The number of hydrogen-bond acceptors (Lipinski definition) is 2. The van der Waals surface area contributed by atoms with E-state index in [2.05, 4.69) is 11.3 Å². The van der Waals surface area contributed by atoms with Crippen LogP contribution in [0.3, 0.4) is 0 Å². The van der Waals surface area contributed by atoms with Crippen LogP contribution in [0.5, 0.6) is 0 Å². The number of ketones is 1. The molecule has 1 aliphatic rings. The van der Waals surface area contributed by atoms with Gasteiger partial charge in [-0.1, -0.05) is 13.8 Å². The van der Waals surface area contributed by atoms with Gasteiger partial charge in [0.2, 0.25) is 0 Å². The SMILES string of the molecule is CC.Cc1cnn(C2CCCC(=O)CC2)c1. The molecule has 1 aliphatic carbocycles. The first-order valence-electron chi connectivity index (χ1n) is 6.28. The smallest absolute Gasteiger partial charge is 0.132 e. The molecule has 0 amide bonds. The summed E-state index contributed by atoms with van der Waals surface area (Å²) in [5.74, 6) is 0.413. The molecule has 0 spiro atoms. The van der Waals surface area contributed by atoms with Crippen LogP contribution in [0.2, 0.25) is 0 Å². The lowest BCUT2D eigenvalue weighted by molar-refractivity contribution is -0.118. The third-order valence-electron chi connectivity index (χ3n) is 2.85. The van der Waals surface area contributed by atoms with Gasteiger partial charge in [-0.3, -0.25) is 9.48 Å². The molecule has 1 aromatic heterocycles. The predicted molar refractivity (Wildman–Crippen MR) is 65.4 cm³/mol. The highest BCUT2D eigenvalue weighted by Crippen LogP contribution is 2.24. The molecule has 0 aliphatic heterocycles. The van der Waals surface area contributed by atoms with Gasteiger partial charge in [0.25, 0.3) is 0 Å². The van der Waals surface area contributed by atoms with Crippen molar-refractivity contribution in [1.29, 1.82) is 0 Å². The van der Waals surface area contributed by atoms with Gasteiger partial charge in [0.05, 0.1) is 12.2 Å². The third kappa shape index (κ3) is 3.47. The highest BCUT2D eigenvalue weighted by molar-refractivity contribution is 5.78. The summed E-state index contributed by atoms with van der Waals surface area (Å²) < 4.78 is 2.02. The Morgan fingerprint density at radius 1 is 1.31 bits per heavy atom. The highest BCUT2D eigenvalue weighted by Gasteiger charge is 2.18. The van der Waals surface area contributed by atoms with Gasteiger partial charge in [0.15, 0.2) is 0 Å². The van der Waals surface area contributed by atoms with Gasteiger partial charge >= 0.3 is 0 Å². The van der Waals surface area contributed by atoms with Crippen LogP contribution in [-0.4, -0.2) is 15.6 Å². The molecule has 3 heteroatoms. The zero-order valence-corrected chi connectivity index (χ0v) is 10.6. The quantitative estimate of drug-likeness (QED) is 0.683. The van der Waals surface area contributed by atoms with E-state index >= 15 is 0 Å². The summed E-state index contributed by atoms with van der Waals surface area (Å²) in [6.07, 6.45) is 8.50. The van der Waals surface area contributed by atoms with E-state index in [1.807, 2.05) is 31.6 Å². The largest absolute Gasteiger partial charge is 0.300 e. The molecule has 1 unspecified atom stereocenters. The number of Topliss-reactive ketones (excluding diaryl/α,β-unsaturated/α-hetero) is 1. The fourth-order valence-electron chi connectivity index (χ4n) is 2.03. The Bertz CT molecular complexity index is 330. The zero-order chi connectivity index (χ0) is 12.0. The first-order chi connectivity index (χ1) is 7.75. The summed E-state index contributed by atoms with van der Waals surface area (Å²) in [4.78, 5) is 11.2. The number of carbonyl (C=O) groups is 1. The van der Waals surface area contributed by atoms with E-state index in [9.17, 15) is 4.79 Å². The van der Waals surface area contributed by atoms with Crippen molar-refractivity contribution in [2.45, 2.75) is 58.9 Å². The minimum atomic E-state index is 0.413. The summed E-state index contributed by atoms with van der Waals surface area (Å²) in [6.45, 7) is 6.05. The molecule has 2 rings (SSSR count). The molecule has 0 bridgehead atoms. The fourth-order valence-corrected chi connectivity index (χ4v) is 2.03. The highest BCUT2D eigenvalue weighted by atomic mass is 16.1. The Labute approximate surface area is 97.8 Å². The maximum atomic E-state index is 11.2. The normalized spacial score (nSPS) is 20.9. The number of hydrogen-bond donors (Lipinski definition) is 0. The van der Waals surface area contributed by atoms with Crippen LogP contribution < -0.4 is 0 Å². The lowest BCUT2D eigenvalue weighted by Crippen LogP contribution is -2.08. The Hall–Kier alpha value is -1.12. The minimum Gasteiger partial charge on any atom is -0.300 e. The van der Waals surface area contributed by atoms with E-state index < -0.39 is 0 Å². The van der Waals surface area contributed by atoms with Crippen LogP contribution in [0, 0.1) is 6.92 Å². The van der Waals surface area contributed by atoms with Crippen molar-refractivity contribution in [2.24, 2.45) is 0 Å². The molecular formula is C13H22N2O. The van der Waals surface area contributed by atoms with Crippen molar-refractivity contribution in [2.75, 3.05) is 0 Å². The van der Waals surface area contributed by atoms with Crippen LogP contribution in [0.15, 0.2) is 12.4 Å². The standard InChI is InChI=1S/C11H16N2O.C2H6/c1-9-7-12-13(8-9)10-3-2-4-11(14)6-5-10;1-2/h7-8,10H,2-6H2,1H3;1-2H3. The van der Waals surface area contributed by atoms with E-state index in [4.69, 9.17) is 0 Å². The summed E-state index contributed by atoms with van der Waals surface area (Å²) in [6, 6.07) is 0.440. The minimum absolute atomic E-state index is 0.413. The first-order valence-corrected chi connectivity index (χ1v) is 6.28. The van der Waals surface area contributed by atoms with Crippen molar-refractivity contribution >= 4 is 5.78 Å². The molecule has 90 valence electrons. The molecule has 3 nitrogen and oxygen atoms in total. The van der Waals surface area contributed by atoms with Crippen molar-refractivity contribution in [3.05, 3.63) is 18.0 Å². The molecular weight excluding hydrogens is 200 g/mol. The number of rotatable bonds is 1. The van der Waals surface area contributed by atoms with Crippen LogP contribution in [-0.2, 0) is 4.79 Å². The maximum Gasteiger partial charge on any atom is 0.132 e. The average Bonchev–Trinajstić information content (AvgIpc) is 2.60. The van der Waals surface area contributed by atoms with Crippen LogP contribution in [0.1, 0.15) is 57.6 Å². The number of carbonyl (C=O) groups excluding carboxylic acids is 1. The summed E-state index contributed by atoms with van der Waals surface area (Å²) >= 11 is 0. The van der Waals surface area contributed by atoms with E-state index in [-0.39, 0.29) is 0 Å². The molecule has 1 atom stereocenters. The van der Waals surface area contributed by atoms with E-state index in [0.717, 1.165) is 32.1 Å². The Morgan fingerprint density at radius 2 is 2.06 bits per heavy atom. The topological polar surface area (TPSA) is 34.9 Å². The van der Waals surface area contributed by atoms with Gasteiger partial charge in [0.1, 0.15) is 5.78 Å². The second-order valence-corrected chi connectivity index (χ2v) is 4.12. The van der Waals surface area contributed by atoms with Crippen LogP contribution in [0.4, 0.5) is 0 Å². The Balaban J connectivity index is 0.000000606. The molecule has 1 saturated carbocycles. The molecule has 0 saturated heterocycles. The lowest BCUT2D eigenvalue weighted by Gasteiger charge is -2.13. The second kappa shape index (κ2) is 6.46. The second-order valence-electron chi connectivity index (χ2n) is 4.12. The van der Waals surface area contributed by atoms with Crippen molar-refractivity contribution < 1.29 is 4.79 Å². The number of nitrogens with zero attached hydrogens (tertiary/aromatic N) is 2. The Morgan fingerprint density at radius 3 is 2.69 bits per heavy atom. The average molecular weight is 222 g/mol. The lowest BCUT2D eigenvalue weighted by atomic mass is 10.1. The van der Waals surface area contributed by atoms with Gasteiger partial charge < -0.3 is 0 Å². The van der Waals surface area contributed by atoms with Gasteiger partial charge in [-0.25, -0.2) is 0 Å².